The monoisotopic (exact) mass is 300 g/mol. The highest BCUT2D eigenvalue weighted by Gasteiger charge is 2.17. The molecule has 0 atom stereocenters. The van der Waals surface area contributed by atoms with E-state index in [-0.39, 0.29) is 4.90 Å². The minimum Gasteiger partial charge on any atom is -0.384 e. The molecule has 20 heavy (non-hydrogen) atoms. The zero-order chi connectivity index (χ0) is 15.0. The fourth-order valence-corrected chi connectivity index (χ4v) is 2.88. The van der Waals surface area contributed by atoms with Crippen molar-refractivity contribution in [3.05, 3.63) is 18.5 Å². The molecular formula is C13H24N4O2S. The molecule has 1 aromatic heterocycles. The quantitative estimate of drug-likeness (QED) is 0.669. The number of hydrogen-bond donors (Lipinski definition) is 2. The SMILES string of the molecule is CCCNc1ccncc1S(=O)(=O)NCCCN(C)C. The minimum atomic E-state index is -3.51. The second-order valence-electron chi connectivity index (χ2n) is 4.85. The minimum absolute atomic E-state index is 0.207. The van der Waals surface area contributed by atoms with Gasteiger partial charge in [-0.2, -0.15) is 0 Å². The average molecular weight is 300 g/mol. The molecule has 0 unspecified atom stereocenters. The molecule has 6 nitrogen and oxygen atoms in total. The second kappa shape index (κ2) is 8.18. The third-order valence-corrected chi connectivity index (χ3v) is 4.20. The predicted octanol–water partition coefficient (Wildman–Crippen LogP) is 1.13. The van der Waals surface area contributed by atoms with Crippen LogP contribution in [0.4, 0.5) is 5.69 Å². The lowest BCUT2D eigenvalue weighted by Gasteiger charge is -2.13. The van der Waals surface area contributed by atoms with Crippen molar-refractivity contribution in [2.45, 2.75) is 24.7 Å². The second-order valence-corrected chi connectivity index (χ2v) is 6.59. The number of anilines is 1. The molecule has 0 amide bonds. The van der Waals surface area contributed by atoms with Crippen molar-refractivity contribution in [1.82, 2.24) is 14.6 Å². The molecule has 0 aliphatic rings. The van der Waals surface area contributed by atoms with Crippen LogP contribution in [0.5, 0.6) is 0 Å². The number of nitrogens with one attached hydrogen (secondary N) is 2. The molecule has 114 valence electrons. The van der Waals surface area contributed by atoms with Crippen LogP contribution < -0.4 is 10.0 Å². The molecule has 1 aromatic rings. The Bertz CT molecular complexity index is 503. The summed E-state index contributed by atoms with van der Waals surface area (Å²) in [7, 11) is 0.409. The smallest absolute Gasteiger partial charge is 0.244 e. The molecule has 0 saturated heterocycles. The van der Waals surface area contributed by atoms with Gasteiger partial charge in [0.1, 0.15) is 4.90 Å². The number of nitrogens with zero attached hydrogens (tertiary/aromatic N) is 2. The molecular weight excluding hydrogens is 276 g/mol. The van der Waals surface area contributed by atoms with Gasteiger partial charge in [-0.15, -0.1) is 0 Å². The third kappa shape index (κ3) is 5.44. The highest BCUT2D eigenvalue weighted by Crippen LogP contribution is 2.19. The lowest BCUT2D eigenvalue weighted by Crippen LogP contribution is -2.28. The fourth-order valence-electron chi connectivity index (χ4n) is 1.68. The zero-order valence-electron chi connectivity index (χ0n) is 12.4. The maximum atomic E-state index is 12.3. The lowest BCUT2D eigenvalue weighted by atomic mass is 10.4. The van der Waals surface area contributed by atoms with Gasteiger partial charge in [0.05, 0.1) is 5.69 Å². The molecule has 0 aliphatic heterocycles. The normalized spacial score (nSPS) is 11.8. The standard InChI is InChI=1S/C13H24N4O2S/c1-4-7-15-12-6-9-14-11-13(12)20(18,19)16-8-5-10-17(2)3/h6,9,11,16H,4-5,7-8,10H2,1-3H3,(H,14,15). The highest BCUT2D eigenvalue weighted by molar-refractivity contribution is 7.89. The van der Waals surface area contributed by atoms with Crippen molar-refractivity contribution < 1.29 is 8.42 Å². The fraction of sp³-hybridized carbons (Fsp3) is 0.615. The van der Waals surface area contributed by atoms with E-state index in [1.54, 1.807) is 12.3 Å². The molecule has 0 bridgehead atoms. The Hall–Kier alpha value is -1.18. The van der Waals surface area contributed by atoms with Crippen LogP contribution in [0.1, 0.15) is 19.8 Å². The van der Waals surface area contributed by atoms with E-state index in [9.17, 15) is 8.42 Å². The van der Waals surface area contributed by atoms with Gasteiger partial charge in [-0.25, -0.2) is 13.1 Å². The summed E-state index contributed by atoms with van der Waals surface area (Å²) in [6.07, 6.45) is 4.66. The number of sulfonamides is 1. The van der Waals surface area contributed by atoms with Crippen LogP contribution in [-0.4, -0.2) is 52.0 Å². The highest BCUT2D eigenvalue weighted by atomic mass is 32.2. The van der Waals surface area contributed by atoms with Gasteiger partial charge in [0, 0.05) is 25.5 Å². The van der Waals surface area contributed by atoms with Gasteiger partial charge in [0.15, 0.2) is 0 Å². The Labute approximate surface area is 121 Å². The van der Waals surface area contributed by atoms with Gasteiger partial charge in [-0.1, -0.05) is 6.92 Å². The van der Waals surface area contributed by atoms with Crippen molar-refractivity contribution in [3.63, 3.8) is 0 Å². The third-order valence-electron chi connectivity index (χ3n) is 2.71. The molecule has 0 aromatic carbocycles. The molecule has 0 radical (unpaired) electrons. The summed E-state index contributed by atoms with van der Waals surface area (Å²) >= 11 is 0. The Balaban J connectivity index is 2.71. The molecule has 0 saturated carbocycles. The van der Waals surface area contributed by atoms with Gasteiger partial charge < -0.3 is 10.2 Å². The Morgan fingerprint density at radius 2 is 2.05 bits per heavy atom. The van der Waals surface area contributed by atoms with E-state index < -0.39 is 10.0 Å². The van der Waals surface area contributed by atoms with Crippen molar-refractivity contribution in [1.29, 1.82) is 0 Å². The van der Waals surface area contributed by atoms with Crippen LogP contribution in [0.15, 0.2) is 23.4 Å². The van der Waals surface area contributed by atoms with Crippen LogP contribution in [0, 0.1) is 0 Å². The van der Waals surface area contributed by atoms with Crippen molar-refractivity contribution in [3.8, 4) is 0 Å². The Morgan fingerprint density at radius 1 is 1.30 bits per heavy atom. The summed E-state index contributed by atoms with van der Waals surface area (Å²) in [5.41, 5.74) is 0.599. The molecule has 0 fully saturated rings. The first kappa shape index (κ1) is 16.9. The summed E-state index contributed by atoms with van der Waals surface area (Å²) in [5.74, 6) is 0. The van der Waals surface area contributed by atoms with Crippen molar-refractivity contribution >= 4 is 15.7 Å². The first-order valence-electron chi connectivity index (χ1n) is 6.79. The van der Waals surface area contributed by atoms with Gasteiger partial charge >= 0.3 is 0 Å². The van der Waals surface area contributed by atoms with E-state index in [0.29, 0.717) is 12.2 Å². The van der Waals surface area contributed by atoms with Crippen molar-refractivity contribution in [2.75, 3.05) is 39.0 Å². The lowest BCUT2D eigenvalue weighted by molar-refractivity contribution is 0.400. The summed E-state index contributed by atoms with van der Waals surface area (Å²) in [4.78, 5) is 6.14. The van der Waals surface area contributed by atoms with Crippen LogP contribution in [0.3, 0.4) is 0 Å². The van der Waals surface area contributed by atoms with Crippen molar-refractivity contribution in [2.24, 2.45) is 0 Å². The maximum Gasteiger partial charge on any atom is 0.244 e. The number of hydrogen-bond acceptors (Lipinski definition) is 5. The van der Waals surface area contributed by atoms with E-state index >= 15 is 0 Å². The van der Waals surface area contributed by atoms with Gasteiger partial charge in [-0.3, -0.25) is 4.98 Å². The maximum absolute atomic E-state index is 12.3. The average Bonchev–Trinajstić information content (AvgIpc) is 2.41. The summed E-state index contributed by atoms with van der Waals surface area (Å²) in [6, 6.07) is 1.68. The summed E-state index contributed by atoms with van der Waals surface area (Å²) in [6.45, 7) is 4.02. The molecule has 1 rings (SSSR count). The van der Waals surface area contributed by atoms with E-state index in [4.69, 9.17) is 0 Å². The molecule has 0 aliphatic carbocycles. The Kier molecular flexibility index (Phi) is 6.90. The molecule has 2 N–H and O–H groups in total. The van der Waals surface area contributed by atoms with Gasteiger partial charge in [0.2, 0.25) is 10.0 Å². The van der Waals surface area contributed by atoms with Crippen LogP contribution in [0.2, 0.25) is 0 Å². The molecule has 0 spiro atoms. The van der Waals surface area contributed by atoms with Gasteiger partial charge in [0.25, 0.3) is 0 Å². The first-order chi connectivity index (χ1) is 9.47. The molecule has 7 heteroatoms. The molecule has 1 heterocycles. The van der Waals surface area contributed by atoms with E-state index in [2.05, 4.69) is 15.0 Å². The first-order valence-corrected chi connectivity index (χ1v) is 8.28. The number of aromatic nitrogens is 1. The summed E-state index contributed by atoms with van der Waals surface area (Å²) in [5, 5.41) is 3.11. The van der Waals surface area contributed by atoms with Crippen LogP contribution >= 0.6 is 0 Å². The summed E-state index contributed by atoms with van der Waals surface area (Å²) < 4.78 is 27.1. The number of rotatable bonds is 9. The van der Waals surface area contributed by atoms with E-state index in [0.717, 1.165) is 25.9 Å². The van der Waals surface area contributed by atoms with Gasteiger partial charge in [-0.05, 0) is 39.5 Å². The van der Waals surface area contributed by atoms with Crippen LogP contribution in [-0.2, 0) is 10.0 Å². The number of pyridine rings is 1. The zero-order valence-corrected chi connectivity index (χ0v) is 13.2. The topological polar surface area (TPSA) is 74.3 Å². The predicted molar refractivity (Wildman–Crippen MR) is 81.4 cm³/mol. The van der Waals surface area contributed by atoms with Crippen LogP contribution in [0.25, 0.3) is 0 Å². The Morgan fingerprint density at radius 3 is 2.70 bits per heavy atom. The van der Waals surface area contributed by atoms with E-state index in [1.807, 2.05) is 25.9 Å². The largest absolute Gasteiger partial charge is 0.384 e. The van der Waals surface area contributed by atoms with E-state index in [1.165, 1.54) is 6.20 Å².